The van der Waals surface area contributed by atoms with Crippen LogP contribution in [0.3, 0.4) is 0 Å². The second-order valence-electron chi connectivity index (χ2n) is 13.5. The van der Waals surface area contributed by atoms with Crippen LogP contribution < -0.4 is 5.32 Å². The minimum absolute atomic E-state index is 0.0408. The lowest BCUT2D eigenvalue weighted by Crippen LogP contribution is -2.29. The SMILES string of the molecule is CCCCC/C=C\C/C=C\C/C=C\C/C=C\C/C=C\CCC(=O)OCC(COP(=O)(O)OCCNC)OC(=O)CCCC/C=C\C/C=C\C/C=C\CCCCC. The molecule has 0 aromatic carbocycles. The van der Waals surface area contributed by atoms with Crippen molar-refractivity contribution in [3.63, 3.8) is 0 Å². The monoisotopic (exact) mass is 802 g/mol. The Morgan fingerprint density at radius 2 is 0.982 bits per heavy atom. The average molecular weight is 802 g/mol. The molecule has 56 heavy (non-hydrogen) atoms. The fourth-order valence-electron chi connectivity index (χ4n) is 4.95. The number of carbonyl (C=O) groups is 2. The predicted octanol–water partition coefficient (Wildman–Crippen LogP) is 12.1. The van der Waals surface area contributed by atoms with Crippen LogP contribution >= 0.6 is 7.82 Å². The van der Waals surface area contributed by atoms with E-state index in [-0.39, 0.29) is 26.1 Å². The van der Waals surface area contributed by atoms with Crippen LogP contribution in [0.5, 0.6) is 0 Å². The van der Waals surface area contributed by atoms with E-state index in [1.54, 1.807) is 7.05 Å². The first-order valence-corrected chi connectivity index (χ1v) is 22.7. The van der Waals surface area contributed by atoms with Crippen LogP contribution in [-0.2, 0) is 32.7 Å². The fourth-order valence-corrected chi connectivity index (χ4v) is 5.70. The Labute approximate surface area is 340 Å². The van der Waals surface area contributed by atoms with E-state index in [2.05, 4.69) is 104 Å². The molecule has 0 aliphatic carbocycles. The molecule has 0 rings (SSSR count). The highest BCUT2D eigenvalue weighted by molar-refractivity contribution is 7.47. The van der Waals surface area contributed by atoms with Gasteiger partial charge in [0.1, 0.15) is 6.61 Å². The van der Waals surface area contributed by atoms with Crippen molar-refractivity contribution in [3.05, 3.63) is 97.2 Å². The van der Waals surface area contributed by atoms with Gasteiger partial charge in [0, 0.05) is 19.4 Å². The maximum absolute atomic E-state index is 12.6. The molecule has 0 aliphatic rings. The van der Waals surface area contributed by atoms with Crippen molar-refractivity contribution in [2.24, 2.45) is 0 Å². The van der Waals surface area contributed by atoms with Crippen LogP contribution in [0.15, 0.2) is 97.2 Å². The quantitative estimate of drug-likeness (QED) is 0.0272. The molecule has 9 nitrogen and oxygen atoms in total. The molecule has 2 atom stereocenters. The first kappa shape index (κ1) is 52.9. The lowest BCUT2D eigenvalue weighted by atomic mass is 10.1. The Morgan fingerprint density at radius 3 is 1.43 bits per heavy atom. The number of carbonyl (C=O) groups excluding carboxylic acids is 2. The van der Waals surface area contributed by atoms with Crippen molar-refractivity contribution < 1.29 is 37.6 Å². The van der Waals surface area contributed by atoms with Crippen LogP contribution in [-0.4, -0.2) is 56.3 Å². The lowest BCUT2D eigenvalue weighted by Gasteiger charge is -2.20. The molecule has 0 saturated heterocycles. The molecule has 2 N–H and O–H groups in total. The predicted molar refractivity (Wildman–Crippen MR) is 233 cm³/mol. The Kier molecular flexibility index (Phi) is 39.3. The minimum Gasteiger partial charge on any atom is -0.462 e. The summed E-state index contributed by atoms with van der Waals surface area (Å²) in [5.74, 6) is -0.959. The van der Waals surface area contributed by atoms with E-state index >= 15 is 0 Å². The van der Waals surface area contributed by atoms with Gasteiger partial charge in [-0.05, 0) is 96.9 Å². The van der Waals surface area contributed by atoms with Crippen molar-refractivity contribution in [3.8, 4) is 0 Å². The van der Waals surface area contributed by atoms with Gasteiger partial charge in [-0.2, -0.15) is 0 Å². The summed E-state index contributed by atoms with van der Waals surface area (Å²) in [5.41, 5.74) is 0. The molecule has 318 valence electrons. The summed E-state index contributed by atoms with van der Waals surface area (Å²) >= 11 is 0. The van der Waals surface area contributed by atoms with Crippen molar-refractivity contribution in [1.29, 1.82) is 0 Å². The molecular weight excluding hydrogens is 725 g/mol. The highest BCUT2D eigenvalue weighted by Crippen LogP contribution is 2.43. The number of hydrogen-bond acceptors (Lipinski definition) is 8. The molecule has 0 amide bonds. The number of hydrogen-bond donors (Lipinski definition) is 2. The Bertz CT molecular complexity index is 1230. The molecule has 0 fully saturated rings. The van der Waals surface area contributed by atoms with E-state index in [1.165, 1.54) is 44.9 Å². The second kappa shape index (κ2) is 41.6. The molecular formula is C46H76NO8P. The van der Waals surface area contributed by atoms with Crippen molar-refractivity contribution in [1.82, 2.24) is 5.32 Å². The number of nitrogens with one attached hydrogen (secondary N) is 1. The average Bonchev–Trinajstić information content (AvgIpc) is 3.18. The molecule has 10 heteroatoms. The second-order valence-corrected chi connectivity index (χ2v) is 14.9. The Balaban J connectivity index is 4.45. The van der Waals surface area contributed by atoms with E-state index in [9.17, 15) is 19.0 Å². The van der Waals surface area contributed by atoms with Crippen LogP contribution in [0.25, 0.3) is 0 Å². The third-order valence-electron chi connectivity index (χ3n) is 8.19. The van der Waals surface area contributed by atoms with Gasteiger partial charge < -0.3 is 19.7 Å². The van der Waals surface area contributed by atoms with Crippen molar-refractivity contribution in [2.45, 2.75) is 148 Å². The van der Waals surface area contributed by atoms with Gasteiger partial charge in [0.15, 0.2) is 6.10 Å². The number of allylic oxidation sites excluding steroid dienone is 16. The highest BCUT2D eigenvalue weighted by Gasteiger charge is 2.26. The third kappa shape index (κ3) is 40.6. The van der Waals surface area contributed by atoms with Crippen molar-refractivity contribution in [2.75, 3.05) is 33.4 Å². The number of unbranched alkanes of at least 4 members (excludes halogenated alkanes) is 8. The molecule has 0 bridgehead atoms. The highest BCUT2D eigenvalue weighted by atomic mass is 31.2. The maximum atomic E-state index is 12.6. The zero-order chi connectivity index (χ0) is 41.1. The van der Waals surface area contributed by atoms with Gasteiger partial charge >= 0.3 is 19.8 Å². The molecule has 0 aromatic heterocycles. The van der Waals surface area contributed by atoms with E-state index in [0.29, 0.717) is 19.4 Å². The van der Waals surface area contributed by atoms with Crippen LogP contribution in [0, 0.1) is 0 Å². The van der Waals surface area contributed by atoms with Gasteiger partial charge in [0.05, 0.1) is 13.2 Å². The summed E-state index contributed by atoms with van der Waals surface area (Å²) in [6.07, 6.45) is 51.8. The van der Waals surface area contributed by atoms with E-state index in [1.807, 2.05) is 12.2 Å². The van der Waals surface area contributed by atoms with Gasteiger partial charge in [-0.25, -0.2) is 4.57 Å². The van der Waals surface area contributed by atoms with E-state index < -0.39 is 32.5 Å². The molecule has 0 radical (unpaired) electrons. The summed E-state index contributed by atoms with van der Waals surface area (Å²) in [6, 6.07) is 0. The molecule has 0 aromatic rings. The lowest BCUT2D eigenvalue weighted by molar-refractivity contribution is -0.161. The zero-order valence-corrected chi connectivity index (χ0v) is 35.9. The Morgan fingerprint density at radius 1 is 0.554 bits per heavy atom. The number of likely N-dealkylation sites (N-methyl/N-ethyl adjacent to an activating group) is 1. The maximum Gasteiger partial charge on any atom is 0.472 e. The first-order chi connectivity index (χ1) is 27.3. The molecule has 0 heterocycles. The number of phosphoric acid groups is 1. The molecule has 0 spiro atoms. The van der Waals surface area contributed by atoms with Gasteiger partial charge in [-0.1, -0.05) is 137 Å². The molecule has 2 unspecified atom stereocenters. The summed E-state index contributed by atoms with van der Waals surface area (Å²) in [7, 11) is -2.70. The number of phosphoric ester groups is 1. The largest absolute Gasteiger partial charge is 0.472 e. The third-order valence-corrected chi connectivity index (χ3v) is 9.17. The van der Waals surface area contributed by atoms with Gasteiger partial charge in [0.2, 0.25) is 0 Å². The summed E-state index contributed by atoms with van der Waals surface area (Å²) < 4.78 is 33.0. The normalized spacial score (nSPS) is 14.3. The van der Waals surface area contributed by atoms with Crippen LogP contribution in [0.1, 0.15) is 142 Å². The number of ether oxygens (including phenoxy) is 2. The summed E-state index contributed by atoms with van der Waals surface area (Å²) in [6.45, 7) is 4.01. The minimum atomic E-state index is -4.38. The Hall–Kier alpha value is -3.07. The van der Waals surface area contributed by atoms with Crippen LogP contribution in [0.4, 0.5) is 0 Å². The van der Waals surface area contributed by atoms with Crippen LogP contribution in [0.2, 0.25) is 0 Å². The van der Waals surface area contributed by atoms with Gasteiger partial charge in [-0.3, -0.25) is 18.6 Å². The molecule has 0 aliphatic heterocycles. The summed E-state index contributed by atoms with van der Waals surface area (Å²) in [4.78, 5) is 35.0. The smallest absolute Gasteiger partial charge is 0.462 e. The van der Waals surface area contributed by atoms with Gasteiger partial charge in [-0.15, -0.1) is 0 Å². The standard InChI is InChI=1S/C46H76NO8P/c1-4-6-8-10-12-14-16-18-20-21-22-23-25-26-28-30-32-34-36-38-45(48)52-42-44(43-54-56(50,51)53-41-40-47-3)55-46(49)39-37-35-33-31-29-27-24-19-17-15-13-11-9-7-5-2/h12-15,18-20,22-24,26,28-29,31-32,34,44,47H,4-11,16-17,21,25,27,30,33,35-43H2,1-3H3,(H,50,51)/b14-12-,15-13-,20-18-,23-22-,24-19-,28-26-,31-29-,34-32-. The van der Waals surface area contributed by atoms with Crippen molar-refractivity contribution >= 4 is 19.8 Å². The number of rotatable bonds is 38. The zero-order valence-electron chi connectivity index (χ0n) is 35.0. The number of esters is 2. The van der Waals surface area contributed by atoms with E-state index in [0.717, 1.165) is 57.8 Å². The fraction of sp³-hybridized carbons (Fsp3) is 0.609. The topological polar surface area (TPSA) is 120 Å². The first-order valence-electron chi connectivity index (χ1n) is 21.2. The van der Waals surface area contributed by atoms with Gasteiger partial charge in [0.25, 0.3) is 0 Å². The van der Waals surface area contributed by atoms with E-state index in [4.69, 9.17) is 18.5 Å². The molecule has 0 saturated carbocycles. The summed E-state index contributed by atoms with van der Waals surface area (Å²) in [5, 5.41) is 2.81.